The average molecular weight is 397 g/mol. The van der Waals surface area contributed by atoms with Crippen LogP contribution in [0.1, 0.15) is 6.92 Å². The Balaban J connectivity index is 1.91. The minimum Gasteiger partial charge on any atom is -0.333 e. The number of carbonyl (C=O) groups is 2. The standard InChI is InChI=1S/C18H18Cl2N2O2S/c1-2-22(17(24)12-25-13-7-4-3-5-8-13)11-16(23)21-18-14(19)9-6-10-15(18)20/h3-10H,2,11-12H2,1H3,(H,21,23). The van der Waals surface area contributed by atoms with Crippen LogP contribution in [0.5, 0.6) is 0 Å². The van der Waals surface area contributed by atoms with Crippen LogP contribution in [0.15, 0.2) is 53.4 Å². The van der Waals surface area contributed by atoms with Crippen LogP contribution in [-0.2, 0) is 9.59 Å². The van der Waals surface area contributed by atoms with E-state index in [-0.39, 0.29) is 24.1 Å². The molecule has 0 aliphatic heterocycles. The lowest BCUT2D eigenvalue weighted by atomic mass is 10.3. The molecule has 132 valence electrons. The number of rotatable bonds is 7. The highest BCUT2D eigenvalue weighted by atomic mass is 35.5. The van der Waals surface area contributed by atoms with Gasteiger partial charge in [-0.25, -0.2) is 0 Å². The van der Waals surface area contributed by atoms with E-state index in [1.54, 1.807) is 18.2 Å². The molecule has 0 saturated heterocycles. The number of amides is 2. The summed E-state index contributed by atoms with van der Waals surface area (Å²) < 4.78 is 0. The first-order valence-electron chi connectivity index (χ1n) is 7.70. The normalized spacial score (nSPS) is 10.4. The molecule has 4 nitrogen and oxygen atoms in total. The molecule has 0 unspecified atom stereocenters. The summed E-state index contributed by atoms with van der Waals surface area (Å²) >= 11 is 13.5. The van der Waals surface area contributed by atoms with Gasteiger partial charge in [0, 0.05) is 11.4 Å². The fraction of sp³-hybridized carbons (Fsp3) is 0.222. The van der Waals surface area contributed by atoms with Crippen LogP contribution >= 0.6 is 35.0 Å². The number of likely N-dealkylation sites (N-methyl/N-ethyl adjacent to an activating group) is 1. The van der Waals surface area contributed by atoms with Crippen LogP contribution in [0, 0.1) is 0 Å². The van der Waals surface area contributed by atoms with Gasteiger partial charge in [-0.1, -0.05) is 47.5 Å². The fourth-order valence-corrected chi connectivity index (χ4v) is 3.41. The maximum Gasteiger partial charge on any atom is 0.244 e. The van der Waals surface area contributed by atoms with Crippen LogP contribution in [0.2, 0.25) is 10.0 Å². The number of hydrogen-bond donors (Lipinski definition) is 1. The second kappa shape index (κ2) is 9.70. The van der Waals surface area contributed by atoms with Gasteiger partial charge in [-0.05, 0) is 31.2 Å². The summed E-state index contributed by atoms with van der Waals surface area (Å²) in [5.41, 5.74) is 0.359. The number of anilines is 1. The third-order valence-corrected chi connectivity index (χ3v) is 5.03. The van der Waals surface area contributed by atoms with Crippen LogP contribution in [0.4, 0.5) is 5.69 Å². The van der Waals surface area contributed by atoms with Crippen LogP contribution in [0.25, 0.3) is 0 Å². The Morgan fingerprint density at radius 1 is 1.04 bits per heavy atom. The number of halogens is 2. The van der Waals surface area contributed by atoms with E-state index in [4.69, 9.17) is 23.2 Å². The molecule has 0 atom stereocenters. The highest BCUT2D eigenvalue weighted by Crippen LogP contribution is 2.29. The number of thioether (sulfide) groups is 1. The topological polar surface area (TPSA) is 49.4 Å². The fourth-order valence-electron chi connectivity index (χ4n) is 2.10. The SMILES string of the molecule is CCN(CC(=O)Nc1c(Cl)cccc1Cl)C(=O)CSc1ccccc1. The monoisotopic (exact) mass is 396 g/mol. The molecule has 0 radical (unpaired) electrons. The summed E-state index contributed by atoms with van der Waals surface area (Å²) in [5.74, 6) is -0.162. The number of benzene rings is 2. The van der Waals surface area contributed by atoms with Gasteiger partial charge in [-0.15, -0.1) is 11.8 Å². The first-order chi connectivity index (χ1) is 12.0. The molecular formula is C18H18Cl2N2O2S. The highest BCUT2D eigenvalue weighted by Gasteiger charge is 2.17. The average Bonchev–Trinajstić information content (AvgIpc) is 2.61. The molecule has 7 heteroatoms. The first kappa shape index (κ1) is 19.6. The largest absolute Gasteiger partial charge is 0.333 e. The molecule has 0 aromatic heterocycles. The summed E-state index contributed by atoms with van der Waals surface area (Å²) in [6, 6.07) is 14.6. The zero-order chi connectivity index (χ0) is 18.2. The molecule has 1 N–H and O–H groups in total. The van der Waals surface area contributed by atoms with Gasteiger partial charge >= 0.3 is 0 Å². The molecule has 2 rings (SSSR count). The predicted molar refractivity (Wildman–Crippen MR) is 105 cm³/mol. The van der Waals surface area contributed by atoms with Crippen LogP contribution < -0.4 is 5.32 Å². The summed E-state index contributed by atoms with van der Waals surface area (Å²) in [6.45, 7) is 2.23. The Morgan fingerprint density at radius 2 is 1.68 bits per heavy atom. The zero-order valence-corrected chi connectivity index (χ0v) is 16.0. The number of para-hydroxylation sites is 1. The van der Waals surface area contributed by atoms with Crippen molar-refractivity contribution in [2.45, 2.75) is 11.8 Å². The van der Waals surface area contributed by atoms with E-state index < -0.39 is 0 Å². The van der Waals surface area contributed by atoms with Crippen molar-refractivity contribution in [2.75, 3.05) is 24.2 Å². The number of nitrogens with zero attached hydrogens (tertiary/aromatic N) is 1. The van der Waals surface area contributed by atoms with Gasteiger partial charge in [0.2, 0.25) is 11.8 Å². The van der Waals surface area contributed by atoms with Gasteiger partial charge < -0.3 is 10.2 Å². The second-order valence-corrected chi connectivity index (χ2v) is 7.02. The second-order valence-electron chi connectivity index (χ2n) is 5.15. The van der Waals surface area contributed by atoms with E-state index in [0.29, 0.717) is 22.3 Å². The van der Waals surface area contributed by atoms with Crippen molar-refractivity contribution in [1.82, 2.24) is 4.90 Å². The predicted octanol–water partition coefficient (Wildman–Crippen LogP) is 4.57. The van der Waals surface area contributed by atoms with Crippen molar-refractivity contribution in [1.29, 1.82) is 0 Å². The molecule has 2 aromatic rings. The Hall–Kier alpha value is -1.69. The Labute approximate surface area is 161 Å². The molecule has 2 amide bonds. The maximum atomic E-state index is 12.3. The smallest absolute Gasteiger partial charge is 0.244 e. The van der Waals surface area contributed by atoms with Gasteiger partial charge in [0.25, 0.3) is 0 Å². The van der Waals surface area contributed by atoms with Crippen molar-refractivity contribution in [3.05, 3.63) is 58.6 Å². The Morgan fingerprint density at radius 3 is 2.28 bits per heavy atom. The lowest BCUT2D eigenvalue weighted by Crippen LogP contribution is -2.38. The van der Waals surface area contributed by atoms with Gasteiger partial charge in [-0.3, -0.25) is 9.59 Å². The van der Waals surface area contributed by atoms with Crippen molar-refractivity contribution in [3.8, 4) is 0 Å². The summed E-state index contributed by atoms with van der Waals surface area (Å²) in [5, 5.41) is 3.38. The van der Waals surface area contributed by atoms with Crippen molar-refractivity contribution < 1.29 is 9.59 Å². The van der Waals surface area contributed by atoms with Crippen molar-refractivity contribution >= 4 is 52.5 Å². The first-order valence-corrected chi connectivity index (χ1v) is 9.45. The molecule has 25 heavy (non-hydrogen) atoms. The van der Waals surface area contributed by atoms with Gasteiger partial charge in [0.05, 0.1) is 28.0 Å². The molecule has 0 bridgehead atoms. The summed E-state index contributed by atoms with van der Waals surface area (Å²) in [7, 11) is 0. The number of hydrogen-bond acceptors (Lipinski definition) is 3. The van der Waals surface area contributed by atoms with Gasteiger partial charge in [0.1, 0.15) is 0 Å². The third kappa shape index (κ3) is 5.96. The molecule has 0 aliphatic rings. The molecule has 0 fully saturated rings. The molecular weight excluding hydrogens is 379 g/mol. The van der Waals surface area contributed by atoms with E-state index in [1.807, 2.05) is 37.3 Å². The summed E-state index contributed by atoms with van der Waals surface area (Å²) in [4.78, 5) is 27.1. The van der Waals surface area contributed by atoms with E-state index in [9.17, 15) is 9.59 Å². The molecule has 0 aliphatic carbocycles. The van der Waals surface area contributed by atoms with E-state index >= 15 is 0 Å². The van der Waals surface area contributed by atoms with Gasteiger partial charge in [-0.2, -0.15) is 0 Å². The van der Waals surface area contributed by atoms with Gasteiger partial charge in [0.15, 0.2) is 0 Å². The quantitative estimate of drug-likeness (QED) is 0.697. The Kier molecular flexibility index (Phi) is 7.62. The van der Waals surface area contributed by atoms with E-state index in [0.717, 1.165) is 4.90 Å². The Bertz CT molecular complexity index is 721. The number of carbonyl (C=O) groups excluding carboxylic acids is 2. The van der Waals surface area contributed by atoms with Crippen molar-refractivity contribution in [2.24, 2.45) is 0 Å². The minimum absolute atomic E-state index is 0.0494. The zero-order valence-electron chi connectivity index (χ0n) is 13.7. The lowest BCUT2D eigenvalue weighted by molar-refractivity contribution is -0.132. The van der Waals surface area contributed by atoms with E-state index in [1.165, 1.54) is 16.7 Å². The molecule has 2 aromatic carbocycles. The van der Waals surface area contributed by atoms with Crippen molar-refractivity contribution in [3.63, 3.8) is 0 Å². The number of nitrogens with one attached hydrogen (secondary N) is 1. The molecule has 0 spiro atoms. The minimum atomic E-state index is -0.338. The third-order valence-electron chi connectivity index (χ3n) is 3.40. The van der Waals surface area contributed by atoms with E-state index in [2.05, 4.69) is 5.32 Å². The summed E-state index contributed by atoms with van der Waals surface area (Å²) in [6.07, 6.45) is 0. The molecule has 0 heterocycles. The van der Waals surface area contributed by atoms with Crippen LogP contribution in [0.3, 0.4) is 0 Å². The van der Waals surface area contributed by atoms with Crippen LogP contribution in [-0.4, -0.2) is 35.6 Å². The lowest BCUT2D eigenvalue weighted by Gasteiger charge is -2.20. The molecule has 0 saturated carbocycles. The highest BCUT2D eigenvalue weighted by molar-refractivity contribution is 8.00. The maximum absolute atomic E-state index is 12.3.